The van der Waals surface area contributed by atoms with Crippen molar-refractivity contribution in [2.24, 2.45) is 23.2 Å². The molecule has 2 aliphatic rings. The Morgan fingerprint density at radius 3 is 2.43 bits per heavy atom. The van der Waals surface area contributed by atoms with Gasteiger partial charge >= 0.3 is 0 Å². The lowest BCUT2D eigenvalue weighted by Crippen LogP contribution is -2.32. The summed E-state index contributed by atoms with van der Waals surface area (Å²) in [5.41, 5.74) is 0.638. The summed E-state index contributed by atoms with van der Waals surface area (Å²) in [6, 6.07) is 0. The van der Waals surface area contributed by atoms with E-state index in [2.05, 4.69) is 32.8 Å². The van der Waals surface area contributed by atoms with E-state index >= 15 is 0 Å². The van der Waals surface area contributed by atoms with Crippen LogP contribution < -0.4 is 0 Å². The first-order chi connectivity index (χ1) is 6.51. The Hall–Kier alpha value is -0.0400. The van der Waals surface area contributed by atoms with Crippen LogP contribution >= 0.6 is 0 Å². The van der Waals surface area contributed by atoms with Crippen molar-refractivity contribution in [2.45, 2.75) is 39.5 Å². The van der Waals surface area contributed by atoms with Gasteiger partial charge in [-0.2, -0.15) is 0 Å². The van der Waals surface area contributed by atoms with Crippen LogP contribution in [0.15, 0.2) is 0 Å². The predicted octanol–water partition coefficient (Wildman–Crippen LogP) is 3.01. The molecule has 2 fully saturated rings. The fraction of sp³-hybridized carbons (Fsp3) is 1.00. The van der Waals surface area contributed by atoms with Crippen LogP contribution in [0.25, 0.3) is 0 Å². The molecule has 3 atom stereocenters. The van der Waals surface area contributed by atoms with Crippen molar-refractivity contribution >= 4 is 0 Å². The van der Waals surface area contributed by atoms with Crippen LogP contribution in [0.4, 0.5) is 0 Å². The zero-order valence-corrected chi connectivity index (χ0v) is 10.2. The average Bonchev–Trinajstić information content (AvgIpc) is 2.59. The van der Waals surface area contributed by atoms with Crippen LogP contribution in [0, 0.1) is 23.2 Å². The second-order valence-corrected chi connectivity index (χ2v) is 6.29. The van der Waals surface area contributed by atoms with E-state index in [1.54, 1.807) is 0 Å². The van der Waals surface area contributed by atoms with Gasteiger partial charge in [0.2, 0.25) is 0 Å². The molecule has 82 valence electrons. The number of fused-ring (bicyclic) bond motifs is 2. The molecule has 2 rings (SSSR count). The normalized spacial score (nSPS) is 39.6. The lowest BCUT2D eigenvalue weighted by molar-refractivity contribution is 0.106. The number of rotatable bonds is 3. The maximum Gasteiger partial charge on any atom is -0.00219 e. The molecule has 0 N–H and O–H groups in total. The quantitative estimate of drug-likeness (QED) is 0.669. The van der Waals surface area contributed by atoms with Crippen molar-refractivity contribution in [1.82, 2.24) is 4.90 Å². The molecule has 2 saturated carbocycles. The van der Waals surface area contributed by atoms with Gasteiger partial charge in [0.05, 0.1) is 0 Å². The van der Waals surface area contributed by atoms with Crippen molar-refractivity contribution in [3.05, 3.63) is 0 Å². The van der Waals surface area contributed by atoms with Gasteiger partial charge in [-0.05, 0) is 69.5 Å². The SMILES string of the molecule is CN(C)CCC1C2CCC(C2)C1(C)C. The minimum absolute atomic E-state index is 0.638. The minimum atomic E-state index is 0.638. The van der Waals surface area contributed by atoms with Crippen molar-refractivity contribution in [1.29, 1.82) is 0 Å². The molecule has 3 unspecified atom stereocenters. The summed E-state index contributed by atoms with van der Waals surface area (Å²) in [6.07, 6.45) is 5.98. The molecule has 0 spiro atoms. The predicted molar refractivity (Wildman–Crippen MR) is 61.3 cm³/mol. The van der Waals surface area contributed by atoms with E-state index in [-0.39, 0.29) is 0 Å². The fourth-order valence-corrected chi connectivity index (χ4v) is 3.97. The molecule has 0 aliphatic heterocycles. The standard InChI is InChI=1S/C13H25N/c1-13(2)11-6-5-10(9-11)12(13)7-8-14(3)4/h10-12H,5-9H2,1-4H3. The third-order valence-corrected chi connectivity index (χ3v) is 4.94. The summed E-state index contributed by atoms with van der Waals surface area (Å²) in [7, 11) is 4.39. The van der Waals surface area contributed by atoms with Crippen LogP contribution in [0.2, 0.25) is 0 Å². The third-order valence-electron chi connectivity index (χ3n) is 4.94. The van der Waals surface area contributed by atoms with Gasteiger partial charge in [0.15, 0.2) is 0 Å². The molecule has 0 heterocycles. The fourth-order valence-electron chi connectivity index (χ4n) is 3.97. The van der Waals surface area contributed by atoms with Gasteiger partial charge in [0.1, 0.15) is 0 Å². The summed E-state index contributed by atoms with van der Waals surface area (Å²) in [5, 5.41) is 0. The Bertz CT molecular complexity index is 207. The van der Waals surface area contributed by atoms with Crippen molar-refractivity contribution in [3.63, 3.8) is 0 Å². The maximum atomic E-state index is 2.51. The Kier molecular flexibility index (Phi) is 2.63. The van der Waals surface area contributed by atoms with E-state index in [0.29, 0.717) is 5.41 Å². The first kappa shape index (κ1) is 10.5. The smallest absolute Gasteiger partial charge is 0.00219 e. The molecule has 0 aromatic rings. The molecule has 2 aliphatic carbocycles. The monoisotopic (exact) mass is 195 g/mol. The summed E-state index contributed by atoms with van der Waals surface area (Å²) in [4.78, 5) is 2.34. The lowest BCUT2D eigenvalue weighted by atomic mass is 9.67. The van der Waals surface area contributed by atoms with Crippen LogP contribution in [0.3, 0.4) is 0 Å². The second kappa shape index (κ2) is 3.52. The molecule has 0 amide bonds. The molecule has 0 aromatic carbocycles. The summed E-state index contributed by atoms with van der Waals surface area (Å²) < 4.78 is 0. The van der Waals surface area contributed by atoms with Crippen molar-refractivity contribution in [3.8, 4) is 0 Å². The molecule has 0 saturated heterocycles. The minimum Gasteiger partial charge on any atom is -0.309 e. The van der Waals surface area contributed by atoms with E-state index in [0.717, 1.165) is 17.8 Å². The van der Waals surface area contributed by atoms with Gasteiger partial charge in [0, 0.05) is 0 Å². The highest BCUT2D eigenvalue weighted by atomic mass is 15.0. The first-order valence-corrected chi connectivity index (χ1v) is 6.16. The highest BCUT2D eigenvalue weighted by Crippen LogP contribution is 2.60. The zero-order chi connectivity index (χ0) is 10.3. The van der Waals surface area contributed by atoms with Crippen molar-refractivity contribution < 1.29 is 0 Å². The largest absolute Gasteiger partial charge is 0.309 e. The topological polar surface area (TPSA) is 3.24 Å². The zero-order valence-electron chi connectivity index (χ0n) is 10.2. The Morgan fingerprint density at radius 1 is 1.21 bits per heavy atom. The van der Waals surface area contributed by atoms with Gasteiger partial charge in [-0.3, -0.25) is 0 Å². The Morgan fingerprint density at radius 2 is 1.93 bits per heavy atom. The van der Waals surface area contributed by atoms with E-state index in [1.165, 1.54) is 32.2 Å². The summed E-state index contributed by atoms with van der Waals surface area (Å²) in [5.74, 6) is 3.11. The summed E-state index contributed by atoms with van der Waals surface area (Å²) >= 11 is 0. The highest BCUT2D eigenvalue weighted by molar-refractivity contribution is 5.01. The number of nitrogens with zero attached hydrogens (tertiary/aromatic N) is 1. The Balaban J connectivity index is 1.97. The first-order valence-electron chi connectivity index (χ1n) is 6.16. The van der Waals surface area contributed by atoms with E-state index in [9.17, 15) is 0 Å². The molecular weight excluding hydrogens is 170 g/mol. The molecule has 14 heavy (non-hydrogen) atoms. The van der Waals surface area contributed by atoms with E-state index in [1.807, 2.05) is 0 Å². The molecule has 0 aromatic heterocycles. The van der Waals surface area contributed by atoms with Crippen LogP contribution in [-0.4, -0.2) is 25.5 Å². The van der Waals surface area contributed by atoms with Gasteiger partial charge in [-0.25, -0.2) is 0 Å². The molecule has 1 heteroatoms. The van der Waals surface area contributed by atoms with Crippen molar-refractivity contribution in [2.75, 3.05) is 20.6 Å². The second-order valence-electron chi connectivity index (χ2n) is 6.29. The number of hydrogen-bond acceptors (Lipinski definition) is 1. The average molecular weight is 195 g/mol. The molecular formula is C13H25N. The van der Waals surface area contributed by atoms with Gasteiger partial charge in [0.25, 0.3) is 0 Å². The molecule has 0 radical (unpaired) electrons. The van der Waals surface area contributed by atoms with E-state index < -0.39 is 0 Å². The van der Waals surface area contributed by atoms with Gasteiger partial charge in [-0.15, -0.1) is 0 Å². The Labute approximate surface area is 88.9 Å². The maximum absolute atomic E-state index is 2.51. The van der Waals surface area contributed by atoms with Gasteiger partial charge < -0.3 is 4.90 Å². The lowest BCUT2D eigenvalue weighted by Gasteiger charge is -2.39. The van der Waals surface area contributed by atoms with E-state index in [4.69, 9.17) is 0 Å². The van der Waals surface area contributed by atoms with Crippen LogP contribution in [0.5, 0.6) is 0 Å². The number of hydrogen-bond donors (Lipinski definition) is 0. The van der Waals surface area contributed by atoms with Gasteiger partial charge in [-0.1, -0.05) is 13.8 Å². The van der Waals surface area contributed by atoms with Crippen LogP contribution in [0.1, 0.15) is 39.5 Å². The highest BCUT2D eigenvalue weighted by Gasteiger charge is 2.51. The third kappa shape index (κ3) is 1.60. The van der Waals surface area contributed by atoms with Crippen LogP contribution in [-0.2, 0) is 0 Å². The molecule has 1 nitrogen and oxygen atoms in total. The summed E-state index contributed by atoms with van der Waals surface area (Å²) in [6.45, 7) is 6.30. The molecule has 2 bridgehead atoms.